The molecule has 1 N–H and O–H groups in total. The van der Waals surface area contributed by atoms with Gasteiger partial charge in [-0.3, -0.25) is 4.98 Å². The number of benzene rings is 2. The summed E-state index contributed by atoms with van der Waals surface area (Å²) in [5, 5.41) is 8.55. The summed E-state index contributed by atoms with van der Waals surface area (Å²) in [6.07, 6.45) is 7.94. The Hall–Kier alpha value is -3.24. The Bertz CT molecular complexity index is 1010. The zero-order valence-electron chi connectivity index (χ0n) is 16.7. The zero-order chi connectivity index (χ0) is 19.9. The lowest BCUT2D eigenvalue weighted by Crippen LogP contribution is -2.26. The fourth-order valence-corrected chi connectivity index (χ4v) is 3.42. The highest BCUT2D eigenvalue weighted by molar-refractivity contribution is 5.62. The van der Waals surface area contributed by atoms with Crippen LogP contribution in [0.15, 0.2) is 91.4 Å². The van der Waals surface area contributed by atoms with E-state index in [0.29, 0.717) is 6.04 Å². The molecule has 4 nitrogen and oxygen atoms in total. The number of rotatable bonds is 8. The first-order chi connectivity index (χ1) is 14.3. The minimum Gasteiger partial charge on any atom is -0.310 e. The lowest BCUT2D eigenvalue weighted by atomic mass is 10.1. The molecule has 2 heterocycles. The molecule has 0 amide bonds. The molecule has 1 atom stereocenters. The summed E-state index contributed by atoms with van der Waals surface area (Å²) in [5.41, 5.74) is 5.72. The van der Waals surface area contributed by atoms with E-state index in [1.165, 1.54) is 11.1 Å². The van der Waals surface area contributed by atoms with Gasteiger partial charge in [0.15, 0.2) is 0 Å². The average molecular weight is 383 g/mol. The summed E-state index contributed by atoms with van der Waals surface area (Å²) in [5.74, 6) is 0. The van der Waals surface area contributed by atoms with Crippen LogP contribution in [-0.4, -0.2) is 20.8 Å². The van der Waals surface area contributed by atoms with E-state index in [-0.39, 0.29) is 0 Å². The van der Waals surface area contributed by atoms with E-state index < -0.39 is 0 Å². The predicted octanol–water partition coefficient (Wildman–Crippen LogP) is 5.05. The van der Waals surface area contributed by atoms with Crippen LogP contribution in [0.1, 0.15) is 24.5 Å². The molecule has 2 aromatic carbocycles. The second kappa shape index (κ2) is 9.30. The number of para-hydroxylation sites is 1. The summed E-state index contributed by atoms with van der Waals surface area (Å²) in [4.78, 5) is 4.14. The van der Waals surface area contributed by atoms with Crippen LogP contribution in [0.4, 0.5) is 0 Å². The van der Waals surface area contributed by atoms with E-state index in [9.17, 15) is 0 Å². The molecule has 0 saturated carbocycles. The lowest BCUT2D eigenvalue weighted by molar-refractivity contribution is 0.514. The summed E-state index contributed by atoms with van der Waals surface area (Å²) >= 11 is 0. The number of aromatic nitrogens is 3. The van der Waals surface area contributed by atoms with Crippen LogP contribution in [0.25, 0.3) is 16.9 Å². The molecule has 4 rings (SSSR count). The number of nitrogens with one attached hydrogen (secondary N) is 1. The van der Waals surface area contributed by atoms with Gasteiger partial charge in [-0.15, -0.1) is 0 Å². The van der Waals surface area contributed by atoms with Crippen molar-refractivity contribution in [2.75, 3.05) is 0 Å². The fourth-order valence-electron chi connectivity index (χ4n) is 3.42. The van der Waals surface area contributed by atoms with Crippen molar-refractivity contribution in [1.82, 2.24) is 20.1 Å². The van der Waals surface area contributed by atoms with Crippen molar-refractivity contribution in [2.24, 2.45) is 0 Å². The topological polar surface area (TPSA) is 42.7 Å². The molecule has 0 fully saturated rings. The number of pyridine rings is 1. The Morgan fingerprint density at radius 3 is 2.31 bits per heavy atom. The van der Waals surface area contributed by atoms with Crippen LogP contribution >= 0.6 is 0 Å². The van der Waals surface area contributed by atoms with Gasteiger partial charge >= 0.3 is 0 Å². The third kappa shape index (κ3) is 4.98. The summed E-state index contributed by atoms with van der Waals surface area (Å²) in [7, 11) is 0. The minimum atomic E-state index is 0.417. The first-order valence-electron chi connectivity index (χ1n) is 10.1. The molecule has 0 radical (unpaired) electrons. The first kappa shape index (κ1) is 19.1. The van der Waals surface area contributed by atoms with Crippen molar-refractivity contribution < 1.29 is 0 Å². The minimum absolute atomic E-state index is 0.417. The molecule has 0 saturated heterocycles. The van der Waals surface area contributed by atoms with E-state index in [4.69, 9.17) is 5.10 Å². The molecule has 4 heteroatoms. The van der Waals surface area contributed by atoms with E-state index in [2.05, 4.69) is 65.9 Å². The highest BCUT2D eigenvalue weighted by Gasteiger charge is 2.13. The van der Waals surface area contributed by atoms with Crippen LogP contribution in [0.3, 0.4) is 0 Å². The normalized spacial score (nSPS) is 12.0. The van der Waals surface area contributed by atoms with Crippen molar-refractivity contribution in [3.8, 4) is 16.9 Å². The SMILES string of the molecule is CC(CCc1ccccc1)NCc1cn(-c2ccccc2)nc1-c1ccncc1. The monoisotopic (exact) mass is 382 g/mol. The van der Waals surface area contributed by atoms with Gasteiger partial charge in [0.25, 0.3) is 0 Å². The predicted molar refractivity (Wildman–Crippen MR) is 118 cm³/mol. The standard InChI is InChI=1S/C25H26N4/c1-20(12-13-21-8-4-2-5-9-21)27-18-23-19-29(24-10-6-3-7-11-24)28-25(23)22-14-16-26-17-15-22/h2-11,14-17,19-20,27H,12-13,18H2,1H3. The maximum absolute atomic E-state index is 4.87. The molecule has 0 spiro atoms. The van der Waals surface area contributed by atoms with Gasteiger partial charge in [-0.05, 0) is 49.6 Å². The van der Waals surface area contributed by atoms with Crippen molar-refractivity contribution in [1.29, 1.82) is 0 Å². The van der Waals surface area contributed by atoms with Gasteiger partial charge in [0.2, 0.25) is 0 Å². The second-order valence-electron chi connectivity index (χ2n) is 7.33. The fraction of sp³-hybridized carbons (Fsp3) is 0.200. The Morgan fingerprint density at radius 1 is 0.897 bits per heavy atom. The quantitative estimate of drug-likeness (QED) is 0.464. The third-order valence-electron chi connectivity index (χ3n) is 5.11. The summed E-state index contributed by atoms with van der Waals surface area (Å²) < 4.78 is 1.96. The van der Waals surface area contributed by atoms with Crippen LogP contribution in [0.5, 0.6) is 0 Å². The smallest absolute Gasteiger partial charge is 0.0973 e. The number of aryl methyl sites for hydroxylation is 1. The molecule has 29 heavy (non-hydrogen) atoms. The van der Waals surface area contributed by atoms with E-state index in [1.54, 1.807) is 0 Å². The molecule has 4 aromatic rings. The summed E-state index contributed by atoms with van der Waals surface area (Å²) in [6.45, 7) is 3.02. The van der Waals surface area contributed by atoms with Crippen molar-refractivity contribution in [2.45, 2.75) is 32.4 Å². The van der Waals surface area contributed by atoms with E-state index in [0.717, 1.165) is 36.3 Å². The van der Waals surface area contributed by atoms with Crippen LogP contribution < -0.4 is 5.32 Å². The van der Waals surface area contributed by atoms with Gasteiger partial charge in [-0.1, -0.05) is 48.5 Å². The molecule has 0 aliphatic heterocycles. The average Bonchev–Trinajstić information content (AvgIpc) is 3.22. The molecule has 1 unspecified atom stereocenters. The molecule has 0 bridgehead atoms. The number of hydrogen-bond donors (Lipinski definition) is 1. The largest absolute Gasteiger partial charge is 0.310 e. The van der Waals surface area contributed by atoms with Gasteiger partial charge < -0.3 is 5.32 Å². The molecular formula is C25H26N4. The highest BCUT2D eigenvalue weighted by atomic mass is 15.3. The van der Waals surface area contributed by atoms with E-state index >= 15 is 0 Å². The first-order valence-corrected chi connectivity index (χ1v) is 10.1. The highest BCUT2D eigenvalue weighted by Crippen LogP contribution is 2.23. The van der Waals surface area contributed by atoms with Gasteiger partial charge in [0, 0.05) is 42.3 Å². The molecule has 0 aliphatic rings. The van der Waals surface area contributed by atoms with Gasteiger partial charge in [0.1, 0.15) is 0 Å². The molecule has 2 aromatic heterocycles. The van der Waals surface area contributed by atoms with Crippen molar-refractivity contribution in [3.63, 3.8) is 0 Å². The van der Waals surface area contributed by atoms with Crippen LogP contribution in [-0.2, 0) is 13.0 Å². The Labute approximate surface area is 172 Å². The van der Waals surface area contributed by atoms with Gasteiger partial charge in [-0.2, -0.15) is 5.10 Å². The maximum Gasteiger partial charge on any atom is 0.0973 e. The zero-order valence-corrected chi connectivity index (χ0v) is 16.7. The van der Waals surface area contributed by atoms with Crippen LogP contribution in [0.2, 0.25) is 0 Å². The number of hydrogen-bond acceptors (Lipinski definition) is 3. The molecular weight excluding hydrogens is 356 g/mol. The third-order valence-corrected chi connectivity index (χ3v) is 5.11. The summed E-state index contributed by atoms with van der Waals surface area (Å²) in [6, 6.07) is 25.3. The van der Waals surface area contributed by atoms with E-state index in [1.807, 2.05) is 47.4 Å². The van der Waals surface area contributed by atoms with Crippen molar-refractivity contribution in [3.05, 3.63) is 103 Å². The molecule has 146 valence electrons. The molecule has 0 aliphatic carbocycles. The number of nitrogens with zero attached hydrogens (tertiary/aromatic N) is 3. The Balaban J connectivity index is 1.49. The maximum atomic E-state index is 4.87. The van der Waals surface area contributed by atoms with Gasteiger partial charge in [0.05, 0.1) is 11.4 Å². The second-order valence-corrected chi connectivity index (χ2v) is 7.33. The van der Waals surface area contributed by atoms with Crippen molar-refractivity contribution >= 4 is 0 Å². The Morgan fingerprint density at radius 2 is 1.59 bits per heavy atom. The lowest BCUT2D eigenvalue weighted by Gasteiger charge is -2.14. The van der Waals surface area contributed by atoms with Crippen LogP contribution in [0, 0.1) is 0 Å². The van der Waals surface area contributed by atoms with Gasteiger partial charge in [-0.25, -0.2) is 4.68 Å². The Kier molecular flexibility index (Phi) is 6.13.